The smallest absolute Gasteiger partial charge is 0.0681 e. The van der Waals surface area contributed by atoms with Gasteiger partial charge in [-0.25, -0.2) is 0 Å². The molecule has 1 N–H and O–H groups in total. The second kappa shape index (κ2) is 4.35. The zero-order valence-corrected chi connectivity index (χ0v) is 10.4. The van der Waals surface area contributed by atoms with Crippen molar-refractivity contribution in [3.05, 3.63) is 17.5 Å². The average Bonchev–Trinajstić information content (AvgIpc) is 2.48. The minimum atomic E-state index is 0.0738. The molecule has 1 aromatic rings. The Hall–Kier alpha value is -0.830. The zero-order chi connectivity index (χ0) is 11.6. The number of aliphatic hydroxyl groups is 1. The van der Waals surface area contributed by atoms with Gasteiger partial charge in [-0.15, -0.1) is 0 Å². The van der Waals surface area contributed by atoms with Crippen molar-refractivity contribution < 1.29 is 5.11 Å². The summed E-state index contributed by atoms with van der Waals surface area (Å²) in [4.78, 5) is 0. The first kappa shape index (κ1) is 12.2. The standard InChI is InChI=1S/C12H22N2O/c1-9(2)10-8-11(12(3,4)5)13-14(10)6-7-15/h8-9,15H,6-7H2,1-5H3. The summed E-state index contributed by atoms with van der Waals surface area (Å²) < 4.78 is 1.92. The van der Waals surface area contributed by atoms with E-state index < -0.39 is 0 Å². The number of hydrogen-bond donors (Lipinski definition) is 1. The SMILES string of the molecule is CC(C)c1cc(C(C)(C)C)nn1CCO. The Bertz CT molecular complexity index is 321. The predicted octanol–water partition coefficient (Wildman–Crippen LogP) is 2.30. The summed E-state index contributed by atoms with van der Waals surface area (Å²) >= 11 is 0. The number of aromatic nitrogens is 2. The van der Waals surface area contributed by atoms with Crippen LogP contribution in [0, 0.1) is 0 Å². The van der Waals surface area contributed by atoms with Crippen LogP contribution in [0.3, 0.4) is 0 Å². The topological polar surface area (TPSA) is 38.0 Å². The summed E-state index contributed by atoms with van der Waals surface area (Å²) in [5.74, 6) is 0.445. The minimum absolute atomic E-state index is 0.0738. The van der Waals surface area contributed by atoms with E-state index in [1.165, 1.54) is 5.69 Å². The van der Waals surface area contributed by atoms with Crippen LogP contribution in [-0.4, -0.2) is 21.5 Å². The average molecular weight is 210 g/mol. The van der Waals surface area contributed by atoms with Gasteiger partial charge in [-0.2, -0.15) is 5.10 Å². The lowest BCUT2D eigenvalue weighted by Gasteiger charge is -2.14. The molecule has 0 aliphatic heterocycles. The third-order valence-corrected chi connectivity index (χ3v) is 2.48. The molecule has 0 amide bonds. The highest BCUT2D eigenvalue weighted by Crippen LogP contribution is 2.24. The van der Waals surface area contributed by atoms with E-state index in [4.69, 9.17) is 5.11 Å². The first-order valence-electron chi connectivity index (χ1n) is 5.55. The summed E-state index contributed by atoms with van der Waals surface area (Å²) in [6, 6.07) is 2.15. The van der Waals surface area contributed by atoms with Gasteiger partial charge in [-0.3, -0.25) is 4.68 Å². The van der Waals surface area contributed by atoms with E-state index in [1.807, 2.05) is 4.68 Å². The van der Waals surface area contributed by atoms with E-state index in [0.717, 1.165) is 5.69 Å². The monoisotopic (exact) mass is 210 g/mol. The number of hydrogen-bond acceptors (Lipinski definition) is 2. The molecule has 0 aliphatic rings. The predicted molar refractivity (Wildman–Crippen MR) is 62.1 cm³/mol. The Labute approximate surface area is 92.1 Å². The second-order valence-electron chi connectivity index (χ2n) is 5.31. The van der Waals surface area contributed by atoms with Crippen molar-refractivity contribution in [1.29, 1.82) is 0 Å². The van der Waals surface area contributed by atoms with Crippen LogP contribution in [0.1, 0.15) is 51.9 Å². The fraction of sp³-hybridized carbons (Fsp3) is 0.750. The lowest BCUT2D eigenvalue weighted by molar-refractivity contribution is 0.265. The van der Waals surface area contributed by atoms with E-state index in [2.05, 4.69) is 45.8 Å². The van der Waals surface area contributed by atoms with Crippen LogP contribution in [-0.2, 0) is 12.0 Å². The molecular formula is C12H22N2O. The van der Waals surface area contributed by atoms with Crippen molar-refractivity contribution in [1.82, 2.24) is 9.78 Å². The van der Waals surface area contributed by atoms with Crippen LogP contribution >= 0.6 is 0 Å². The molecule has 0 fully saturated rings. The van der Waals surface area contributed by atoms with Crippen LogP contribution in [0.4, 0.5) is 0 Å². The fourth-order valence-electron chi connectivity index (χ4n) is 1.54. The first-order chi connectivity index (χ1) is 6.86. The fourth-order valence-corrected chi connectivity index (χ4v) is 1.54. The molecule has 0 saturated carbocycles. The van der Waals surface area contributed by atoms with E-state index in [1.54, 1.807) is 0 Å². The molecular weight excluding hydrogens is 188 g/mol. The first-order valence-corrected chi connectivity index (χ1v) is 5.55. The molecule has 0 aliphatic carbocycles. The highest BCUT2D eigenvalue weighted by Gasteiger charge is 2.20. The Balaban J connectivity index is 3.09. The van der Waals surface area contributed by atoms with Crippen LogP contribution in [0.5, 0.6) is 0 Å². The molecule has 0 radical (unpaired) electrons. The molecule has 0 unspecified atom stereocenters. The van der Waals surface area contributed by atoms with Crippen molar-refractivity contribution in [2.75, 3.05) is 6.61 Å². The maximum Gasteiger partial charge on any atom is 0.0681 e. The summed E-state index contributed by atoms with van der Waals surface area (Å²) in [6.07, 6.45) is 0. The van der Waals surface area contributed by atoms with E-state index in [-0.39, 0.29) is 12.0 Å². The van der Waals surface area contributed by atoms with E-state index in [0.29, 0.717) is 12.5 Å². The Morgan fingerprint density at radius 1 is 1.40 bits per heavy atom. The van der Waals surface area contributed by atoms with Crippen molar-refractivity contribution in [3.63, 3.8) is 0 Å². The van der Waals surface area contributed by atoms with Gasteiger partial charge in [-0.1, -0.05) is 34.6 Å². The van der Waals surface area contributed by atoms with Crippen LogP contribution in [0.15, 0.2) is 6.07 Å². The Kier molecular flexibility index (Phi) is 3.55. The van der Waals surface area contributed by atoms with Gasteiger partial charge >= 0.3 is 0 Å². The quantitative estimate of drug-likeness (QED) is 0.831. The highest BCUT2D eigenvalue weighted by atomic mass is 16.3. The summed E-state index contributed by atoms with van der Waals surface area (Å²) in [5.41, 5.74) is 2.37. The molecule has 15 heavy (non-hydrogen) atoms. The minimum Gasteiger partial charge on any atom is -0.394 e. The van der Waals surface area contributed by atoms with Gasteiger partial charge in [0.1, 0.15) is 0 Å². The van der Waals surface area contributed by atoms with E-state index in [9.17, 15) is 0 Å². The van der Waals surface area contributed by atoms with Gasteiger partial charge in [0.2, 0.25) is 0 Å². The Morgan fingerprint density at radius 2 is 2.00 bits per heavy atom. The summed E-state index contributed by atoms with van der Waals surface area (Å²) in [5, 5.41) is 13.5. The van der Waals surface area contributed by atoms with Crippen LogP contribution < -0.4 is 0 Å². The molecule has 3 heteroatoms. The van der Waals surface area contributed by atoms with Gasteiger partial charge in [0.15, 0.2) is 0 Å². The summed E-state index contributed by atoms with van der Waals surface area (Å²) in [7, 11) is 0. The molecule has 0 aromatic carbocycles. The van der Waals surface area contributed by atoms with Gasteiger partial charge in [-0.05, 0) is 12.0 Å². The summed E-state index contributed by atoms with van der Waals surface area (Å²) in [6.45, 7) is 11.5. The van der Waals surface area contributed by atoms with Gasteiger partial charge < -0.3 is 5.11 Å². The number of rotatable bonds is 3. The van der Waals surface area contributed by atoms with Crippen molar-refractivity contribution in [2.24, 2.45) is 0 Å². The van der Waals surface area contributed by atoms with Crippen molar-refractivity contribution in [3.8, 4) is 0 Å². The largest absolute Gasteiger partial charge is 0.394 e. The highest BCUT2D eigenvalue weighted by molar-refractivity contribution is 5.19. The molecule has 0 bridgehead atoms. The maximum atomic E-state index is 8.98. The maximum absolute atomic E-state index is 8.98. The van der Waals surface area contributed by atoms with Crippen LogP contribution in [0.2, 0.25) is 0 Å². The Morgan fingerprint density at radius 3 is 2.40 bits per heavy atom. The molecule has 1 heterocycles. The molecule has 1 rings (SSSR count). The molecule has 0 saturated heterocycles. The molecule has 86 valence electrons. The number of aliphatic hydroxyl groups excluding tert-OH is 1. The second-order valence-corrected chi connectivity index (χ2v) is 5.31. The van der Waals surface area contributed by atoms with Crippen molar-refractivity contribution in [2.45, 2.75) is 52.5 Å². The third kappa shape index (κ3) is 2.81. The molecule has 3 nitrogen and oxygen atoms in total. The van der Waals surface area contributed by atoms with Gasteiger partial charge in [0.05, 0.1) is 18.8 Å². The molecule has 0 atom stereocenters. The lowest BCUT2D eigenvalue weighted by atomic mass is 9.92. The van der Waals surface area contributed by atoms with Gasteiger partial charge in [0.25, 0.3) is 0 Å². The van der Waals surface area contributed by atoms with Crippen molar-refractivity contribution >= 4 is 0 Å². The number of nitrogens with zero attached hydrogens (tertiary/aromatic N) is 2. The lowest BCUT2D eigenvalue weighted by Crippen LogP contribution is -2.14. The normalized spacial score (nSPS) is 12.5. The third-order valence-electron chi connectivity index (χ3n) is 2.48. The van der Waals surface area contributed by atoms with E-state index >= 15 is 0 Å². The molecule has 1 aromatic heterocycles. The van der Waals surface area contributed by atoms with Gasteiger partial charge in [0, 0.05) is 11.1 Å². The molecule has 0 spiro atoms. The zero-order valence-electron chi connectivity index (χ0n) is 10.4. The van der Waals surface area contributed by atoms with Crippen LogP contribution in [0.25, 0.3) is 0 Å².